The molecule has 0 saturated heterocycles. The smallest absolute Gasteiger partial charge is 0.253 e. The first-order valence-corrected chi connectivity index (χ1v) is 9.04. The van der Waals surface area contributed by atoms with Crippen LogP contribution in [0.1, 0.15) is 53.8 Å². The van der Waals surface area contributed by atoms with Crippen LogP contribution in [0.2, 0.25) is 0 Å². The van der Waals surface area contributed by atoms with Crippen LogP contribution in [0.25, 0.3) is 5.13 Å². The van der Waals surface area contributed by atoms with Gasteiger partial charge < -0.3 is 11.1 Å². The van der Waals surface area contributed by atoms with Crippen molar-refractivity contribution in [2.45, 2.75) is 51.5 Å². The van der Waals surface area contributed by atoms with E-state index in [0.717, 1.165) is 35.8 Å². The van der Waals surface area contributed by atoms with E-state index in [4.69, 9.17) is 5.73 Å². The molecule has 3 rings (SSSR count). The molecule has 0 spiro atoms. The highest BCUT2D eigenvalue weighted by molar-refractivity contribution is 7.12. The van der Waals surface area contributed by atoms with Gasteiger partial charge in [-0.1, -0.05) is 19.3 Å². The Labute approximate surface area is 145 Å². The van der Waals surface area contributed by atoms with E-state index in [0.29, 0.717) is 18.4 Å². The number of aromatic nitrogens is 2. The van der Waals surface area contributed by atoms with Crippen molar-refractivity contribution in [2.24, 2.45) is 5.73 Å². The summed E-state index contributed by atoms with van der Waals surface area (Å²) in [6.07, 6.45) is 5.84. The third-order valence-corrected chi connectivity index (χ3v) is 5.57. The summed E-state index contributed by atoms with van der Waals surface area (Å²) < 4.78 is 1.96. The number of thiazole rings is 1. The molecule has 2 aromatic rings. The van der Waals surface area contributed by atoms with Crippen molar-refractivity contribution < 1.29 is 9.59 Å². The molecule has 1 aliphatic rings. The largest absolute Gasteiger partial charge is 0.368 e. The highest BCUT2D eigenvalue weighted by Crippen LogP contribution is 2.29. The Balaban J connectivity index is 1.90. The molecule has 0 aromatic carbocycles. The molecule has 0 radical (unpaired) electrons. The first-order chi connectivity index (χ1) is 11.4. The van der Waals surface area contributed by atoms with Crippen LogP contribution in [0.4, 0.5) is 0 Å². The fraction of sp³-hybridized carbons (Fsp3) is 0.471. The molecule has 2 heterocycles. The number of rotatable bonds is 4. The number of hydrogen-bond donors (Lipinski definition) is 2. The number of carbonyl (C=O) groups is 2. The Morgan fingerprint density at radius 2 is 2.00 bits per heavy atom. The lowest BCUT2D eigenvalue weighted by molar-refractivity contribution is -0.125. The predicted octanol–water partition coefficient (Wildman–Crippen LogP) is 2.47. The van der Waals surface area contributed by atoms with Crippen LogP contribution in [-0.2, 0) is 4.79 Å². The topological polar surface area (TPSA) is 90.0 Å². The molecule has 6 nitrogen and oxygen atoms in total. The SMILES string of the molecule is Cc1cc(C(=O)NC2(C(N)=O)CCCCC2)c(C)n1-c1nccs1. The molecule has 0 unspecified atom stereocenters. The number of aryl methyl sites for hydroxylation is 1. The van der Waals surface area contributed by atoms with Gasteiger partial charge in [-0.3, -0.25) is 14.2 Å². The van der Waals surface area contributed by atoms with Crippen LogP contribution in [0.15, 0.2) is 17.6 Å². The molecule has 3 N–H and O–H groups in total. The third-order valence-electron chi connectivity index (χ3n) is 4.82. The summed E-state index contributed by atoms with van der Waals surface area (Å²) in [5.41, 5.74) is 7.01. The first kappa shape index (κ1) is 16.7. The number of nitrogens with zero attached hydrogens (tertiary/aromatic N) is 2. The minimum Gasteiger partial charge on any atom is -0.368 e. The Morgan fingerprint density at radius 3 is 2.58 bits per heavy atom. The van der Waals surface area contributed by atoms with Crippen LogP contribution in [-0.4, -0.2) is 26.9 Å². The molecule has 0 bridgehead atoms. The lowest BCUT2D eigenvalue weighted by atomic mass is 9.81. The van der Waals surface area contributed by atoms with Crippen molar-refractivity contribution in [2.75, 3.05) is 0 Å². The Kier molecular flexibility index (Phi) is 4.45. The average Bonchev–Trinajstić information content (AvgIpc) is 3.16. The first-order valence-electron chi connectivity index (χ1n) is 8.16. The van der Waals surface area contributed by atoms with E-state index in [-0.39, 0.29) is 5.91 Å². The molecule has 1 fully saturated rings. The molecule has 0 atom stereocenters. The third kappa shape index (κ3) is 2.84. The fourth-order valence-corrected chi connectivity index (χ4v) is 4.24. The van der Waals surface area contributed by atoms with Gasteiger partial charge in [-0.05, 0) is 32.8 Å². The van der Waals surface area contributed by atoms with Gasteiger partial charge in [0.05, 0.1) is 5.56 Å². The Morgan fingerprint density at radius 1 is 1.29 bits per heavy atom. The zero-order valence-electron chi connectivity index (χ0n) is 14.0. The maximum Gasteiger partial charge on any atom is 0.253 e. The summed E-state index contributed by atoms with van der Waals surface area (Å²) in [7, 11) is 0. The highest BCUT2D eigenvalue weighted by Gasteiger charge is 2.39. The normalized spacial score (nSPS) is 16.8. The van der Waals surface area contributed by atoms with Crippen LogP contribution in [0.3, 0.4) is 0 Å². The molecule has 2 amide bonds. The molecular formula is C17H22N4O2S. The standard InChI is InChI=1S/C17H22N4O2S/c1-11-10-13(12(2)21(11)16-19-8-9-24-16)14(22)20-17(15(18)23)6-4-3-5-7-17/h8-10H,3-7H2,1-2H3,(H2,18,23)(H,20,22). The monoisotopic (exact) mass is 346 g/mol. The molecule has 24 heavy (non-hydrogen) atoms. The number of hydrogen-bond acceptors (Lipinski definition) is 4. The van der Waals surface area contributed by atoms with Crippen molar-refractivity contribution in [3.8, 4) is 5.13 Å². The van der Waals surface area contributed by atoms with Crippen LogP contribution < -0.4 is 11.1 Å². The van der Waals surface area contributed by atoms with Gasteiger partial charge in [-0.2, -0.15) is 0 Å². The summed E-state index contributed by atoms with van der Waals surface area (Å²) in [5, 5.41) is 5.66. The van der Waals surface area contributed by atoms with Gasteiger partial charge in [0.15, 0.2) is 5.13 Å². The zero-order valence-corrected chi connectivity index (χ0v) is 14.8. The van der Waals surface area contributed by atoms with Gasteiger partial charge >= 0.3 is 0 Å². The van der Waals surface area contributed by atoms with Gasteiger partial charge in [0.1, 0.15) is 5.54 Å². The van der Waals surface area contributed by atoms with E-state index in [1.54, 1.807) is 6.20 Å². The molecule has 128 valence electrons. The lowest BCUT2D eigenvalue weighted by Crippen LogP contribution is -2.58. The van der Waals surface area contributed by atoms with Crippen LogP contribution in [0, 0.1) is 13.8 Å². The summed E-state index contributed by atoms with van der Waals surface area (Å²) in [5.74, 6) is -0.684. The summed E-state index contributed by atoms with van der Waals surface area (Å²) in [6, 6.07) is 1.84. The second kappa shape index (κ2) is 6.39. The van der Waals surface area contributed by atoms with Crippen molar-refractivity contribution >= 4 is 23.2 Å². The zero-order chi connectivity index (χ0) is 17.3. The van der Waals surface area contributed by atoms with Crippen molar-refractivity contribution in [3.05, 3.63) is 34.6 Å². The summed E-state index contributed by atoms with van der Waals surface area (Å²) >= 11 is 1.52. The van der Waals surface area contributed by atoms with E-state index < -0.39 is 11.4 Å². The maximum absolute atomic E-state index is 12.8. The van der Waals surface area contributed by atoms with Crippen LogP contribution >= 0.6 is 11.3 Å². The summed E-state index contributed by atoms with van der Waals surface area (Å²) in [4.78, 5) is 29.1. The van der Waals surface area contributed by atoms with Gasteiger partial charge in [0.2, 0.25) is 5.91 Å². The molecule has 2 aromatic heterocycles. The minimum absolute atomic E-state index is 0.244. The van der Waals surface area contributed by atoms with E-state index in [1.165, 1.54) is 11.3 Å². The van der Waals surface area contributed by atoms with Gasteiger partial charge in [0, 0.05) is 23.0 Å². The van der Waals surface area contributed by atoms with E-state index in [2.05, 4.69) is 10.3 Å². The number of nitrogens with two attached hydrogens (primary N) is 1. The fourth-order valence-electron chi connectivity index (χ4n) is 3.49. The molecular weight excluding hydrogens is 324 g/mol. The van der Waals surface area contributed by atoms with Crippen molar-refractivity contribution in [1.82, 2.24) is 14.9 Å². The number of primary amides is 1. The molecule has 0 aliphatic heterocycles. The van der Waals surface area contributed by atoms with E-state index >= 15 is 0 Å². The van der Waals surface area contributed by atoms with Crippen LogP contribution in [0.5, 0.6) is 0 Å². The lowest BCUT2D eigenvalue weighted by Gasteiger charge is -2.35. The van der Waals surface area contributed by atoms with Crippen molar-refractivity contribution in [3.63, 3.8) is 0 Å². The van der Waals surface area contributed by atoms with Gasteiger partial charge in [-0.25, -0.2) is 4.98 Å². The number of amides is 2. The second-order valence-electron chi connectivity index (χ2n) is 6.40. The quantitative estimate of drug-likeness (QED) is 0.891. The predicted molar refractivity (Wildman–Crippen MR) is 93.4 cm³/mol. The Hall–Kier alpha value is -2.15. The summed E-state index contributed by atoms with van der Waals surface area (Å²) in [6.45, 7) is 3.83. The average molecular weight is 346 g/mol. The minimum atomic E-state index is -0.918. The number of nitrogens with one attached hydrogen (secondary N) is 1. The second-order valence-corrected chi connectivity index (χ2v) is 7.27. The van der Waals surface area contributed by atoms with Gasteiger partial charge in [-0.15, -0.1) is 11.3 Å². The molecule has 7 heteroatoms. The molecule has 1 aliphatic carbocycles. The Bertz CT molecular complexity index is 758. The van der Waals surface area contributed by atoms with Crippen molar-refractivity contribution in [1.29, 1.82) is 0 Å². The highest BCUT2D eigenvalue weighted by atomic mass is 32.1. The van der Waals surface area contributed by atoms with E-state index in [1.807, 2.05) is 29.9 Å². The van der Waals surface area contributed by atoms with E-state index in [9.17, 15) is 9.59 Å². The number of carbonyl (C=O) groups excluding carboxylic acids is 2. The maximum atomic E-state index is 12.8. The van der Waals surface area contributed by atoms with Gasteiger partial charge in [0.25, 0.3) is 5.91 Å². The molecule has 1 saturated carbocycles.